The van der Waals surface area contributed by atoms with Crippen molar-refractivity contribution in [2.24, 2.45) is 0 Å². The third-order valence-corrected chi connectivity index (χ3v) is 5.22. The molecule has 1 aromatic carbocycles. The number of ether oxygens (including phenoxy) is 1. The molecule has 3 aromatic rings. The summed E-state index contributed by atoms with van der Waals surface area (Å²) in [5, 5.41) is 0. The Labute approximate surface area is 167 Å². The Kier molecular flexibility index (Phi) is 4.18. The standard InChI is InChI=1S/C24H27N3O/c1-14-10-18(24(5,6)7)11-15(2)22(14)27-19-12-17(4)25-13-21(19)28-20-9-8-16(3)26-23(20)27/h8-13H,1-7H3. The number of benzene rings is 1. The highest BCUT2D eigenvalue weighted by Gasteiger charge is 2.30. The fraction of sp³-hybridized carbons (Fsp3) is 0.333. The molecule has 4 rings (SSSR count). The number of hydrogen-bond acceptors (Lipinski definition) is 4. The number of aryl methyl sites for hydroxylation is 4. The topological polar surface area (TPSA) is 38.3 Å². The molecule has 0 saturated heterocycles. The maximum atomic E-state index is 6.13. The van der Waals surface area contributed by atoms with Crippen molar-refractivity contribution < 1.29 is 4.74 Å². The summed E-state index contributed by atoms with van der Waals surface area (Å²) in [5.41, 5.74) is 7.93. The van der Waals surface area contributed by atoms with Crippen molar-refractivity contribution in [2.45, 2.75) is 53.9 Å². The van der Waals surface area contributed by atoms with E-state index in [4.69, 9.17) is 9.72 Å². The molecule has 0 atom stereocenters. The maximum Gasteiger partial charge on any atom is 0.181 e. The van der Waals surface area contributed by atoms with Crippen LogP contribution in [0, 0.1) is 27.7 Å². The van der Waals surface area contributed by atoms with Gasteiger partial charge in [-0.15, -0.1) is 0 Å². The van der Waals surface area contributed by atoms with E-state index in [2.05, 4.69) is 62.7 Å². The summed E-state index contributed by atoms with van der Waals surface area (Å²) in [6, 6.07) is 10.6. The van der Waals surface area contributed by atoms with Crippen molar-refractivity contribution in [1.82, 2.24) is 9.97 Å². The maximum absolute atomic E-state index is 6.13. The van der Waals surface area contributed by atoms with Gasteiger partial charge in [-0.2, -0.15) is 0 Å². The molecule has 0 unspecified atom stereocenters. The molecule has 0 N–H and O–H groups in total. The van der Waals surface area contributed by atoms with E-state index in [0.29, 0.717) is 0 Å². The zero-order chi connectivity index (χ0) is 20.2. The van der Waals surface area contributed by atoms with Gasteiger partial charge in [0.1, 0.15) is 0 Å². The highest BCUT2D eigenvalue weighted by atomic mass is 16.5. The van der Waals surface area contributed by atoms with Gasteiger partial charge in [0.2, 0.25) is 0 Å². The molecule has 4 nitrogen and oxygen atoms in total. The van der Waals surface area contributed by atoms with Gasteiger partial charge in [0, 0.05) is 11.4 Å². The Morgan fingerprint density at radius 1 is 0.857 bits per heavy atom. The molecule has 1 aliphatic heterocycles. The van der Waals surface area contributed by atoms with Crippen LogP contribution in [0.2, 0.25) is 0 Å². The van der Waals surface area contributed by atoms with E-state index in [9.17, 15) is 0 Å². The molecule has 0 saturated carbocycles. The molecule has 1 aliphatic rings. The molecule has 0 spiro atoms. The Balaban J connectivity index is 2.00. The van der Waals surface area contributed by atoms with Crippen LogP contribution in [0.15, 0.2) is 36.5 Å². The van der Waals surface area contributed by atoms with E-state index in [-0.39, 0.29) is 5.41 Å². The second-order valence-corrected chi connectivity index (χ2v) is 8.71. The average Bonchev–Trinajstić information content (AvgIpc) is 2.60. The van der Waals surface area contributed by atoms with Gasteiger partial charge in [-0.1, -0.05) is 32.9 Å². The van der Waals surface area contributed by atoms with Crippen LogP contribution in [0.1, 0.15) is 48.8 Å². The van der Waals surface area contributed by atoms with Crippen LogP contribution < -0.4 is 9.64 Å². The summed E-state index contributed by atoms with van der Waals surface area (Å²) in [5.74, 6) is 2.33. The normalized spacial score (nSPS) is 13.0. The minimum atomic E-state index is 0.101. The highest BCUT2D eigenvalue weighted by Crippen LogP contribution is 2.51. The number of anilines is 3. The first-order valence-corrected chi connectivity index (χ1v) is 9.69. The van der Waals surface area contributed by atoms with Gasteiger partial charge < -0.3 is 4.74 Å². The van der Waals surface area contributed by atoms with Gasteiger partial charge in [0.15, 0.2) is 17.3 Å². The molecule has 28 heavy (non-hydrogen) atoms. The minimum Gasteiger partial charge on any atom is -0.450 e. The van der Waals surface area contributed by atoms with E-state index in [1.807, 2.05) is 26.0 Å². The molecular formula is C24H27N3O. The molecule has 3 heterocycles. The Morgan fingerprint density at radius 2 is 1.54 bits per heavy atom. The molecule has 0 fully saturated rings. The average molecular weight is 374 g/mol. The lowest BCUT2D eigenvalue weighted by Gasteiger charge is -2.34. The first-order valence-electron chi connectivity index (χ1n) is 9.69. The number of fused-ring (bicyclic) bond motifs is 2. The fourth-order valence-electron chi connectivity index (χ4n) is 3.76. The Bertz CT molecular complexity index is 1010. The summed E-state index contributed by atoms with van der Waals surface area (Å²) >= 11 is 0. The third kappa shape index (κ3) is 3.03. The van der Waals surface area contributed by atoms with Crippen molar-refractivity contribution in [3.05, 3.63) is 64.6 Å². The number of aromatic nitrogens is 2. The lowest BCUT2D eigenvalue weighted by atomic mass is 9.84. The zero-order valence-electron chi connectivity index (χ0n) is 17.7. The fourth-order valence-corrected chi connectivity index (χ4v) is 3.76. The molecule has 0 aliphatic carbocycles. The Hall–Kier alpha value is -2.88. The quantitative estimate of drug-likeness (QED) is 0.377. The number of nitrogens with zero attached hydrogens (tertiary/aromatic N) is 3. The van der Waals surface area contributed by atoms with Crippen LogP contribution in [0.3, 0.4) is 0 Å². The third-order valence-electron chi connectivity index (χ3n) is 5.22. The van der Waals surface area contributed by atoms with E-state index in [0.717, 1.165) is 40.1 Å². The molecule has 0 radical (unpaired) electrons. The lowest BCUT2D eigenvalue weighted by Crippen LogP contribution is -2.21. The first-order chi connectivity index (χ1) is 13.1. The predicted molar refractivity (Wildman–Crippen MR) is 114 cm³/mol. The van der Waals surface area contributed by atoms with Crippen LogP contribution in [-0.4, -0.2) is 9.97 Å². The first kappa shape index (κ1) is 18.5. The second kappa shape index (κ2) is 6.33. The van der Waals surface area contributed by atoms with Crippen molar-refractivity contribution >= 4 is 17.2 Å². The molecule has 2 aromatic heterocycles. The monoisotopic (exact) mass is 373 g/mol. The number of pyridine rings is 2. The summed E-state index contributed by atoms with van der Waals surface area (Å²) in [4.78, 5) is 11.5. The smallest absolute Gasteiger partial charge is 0.181 e. The van der Waals surface area contributed by atoms with Gasteiger partial charge >= 0.3 is 0 Å². The second-order valence-electron chi connectivity index (χ2n) is 8.71. The van der Waals surface area contributed by atoms with Crippen molar-refractivity contribution in [1.29, 1.82) is 0 Å². The molecular weight excluding hydrogens is 346 g/mol. The minimum absolute atomic E-state index is 0.101. The summed E-state index contributed by atoms with van der Waals surface area (Å²) in [7, 11) is 0. The van der Waals surface area contributed by atoms with Gasteiger partial charge in [-0.05, 0) is 68.0 Å². The summed E-state index contributed by atoms with van der Waals surface area (Å²) < 4.78 is 6.13. The number of rotatable bonds is 1. The van der Waals surface area contributed by atoms with Crippen LogP contribution in [0.4, 0.5) is 17.2 Å². The predicted octanol–water partition coefficient (Wildman–Crippen LogP) is 6.58. The van der Waals surface area contributed by atoms with E-state index in [1.54, 1.807) is 6.20 Å². The molecule has 0 bridgehead atoms. The highest BCUT2D eigenvalue weighted by molar-refractivity contribution is 5.86. The number of hydrogen-bond donors (Lipinski definition) is 0. The van der Waals surface area contributed by atoms with E-state index in [1.165, 1.54) is 16.7 Å². The van der Waals surface area contributed by atoms with Gasteiger partial charge in [0.05, 0.1) is 17.6 Å². The van der Waals surface area contributed by atoms with Crippen molar-refractivity contribution in [3.63, 3.8) is 0 Å². The summed E-state index contributed by atoms with van der Waals surface area (Å²) in [6.07, 6.45) is 1.80. The largest absolute Gasteiger partial charge is 0.450 e. The molecule has 0 amide bonds. The zero-order valence-corrected chi connectivity index (χ0v) is 17.7. The van der Waals surface area contributed by atoms with E-state index < -0.39 is 0 Å². The van der Waals surface area contributed by atoms with Crippen LogP contribution in [-0.2, 0) is 5.41 Å². The van der Waals surface area contributed by atoms with Gasteiger partial charge in [-0.3, -0.25) is 9.88 Å². The van der Waals surface area contributed by atoms with Crippen LogP contribution in [0.5, 0.6) is 11.5 Å². The molecule has 144 valence electrons. The van der Waals surface area contributed by atoms with Gasteiger partial charge in [-0.25, -0.2) is 4.98 Å². The van der Waals surface area contributed by atoms with Crippen molar-refractivity contribution in [2.75, 3.05) is 4.90 Å². The van der Waals surface area contributed by atoms with E-state index >= 15 is 0 Å². The Morgan fingerprint density at radius 3 is 2.18 bits per heavy atom. The molecule has 4 heteroatoms. The lowest BCUT2D eigenvalue weighted by molar-refractivity contribution is 0.471. The summed E-state index contributed by atoms with van der Waals surface area (Å²) in [6.45, 7) is 15.1. The SMILES string of the molecule is Cc1cc2c(cn1)Oc1ccc(C)nc1N2c1c(C)cc(C(C)(C)C)cc1C. The van der Waals surface area contributed by atoms with Crippen LogP contribution in [0.25, 0.3) is 0 Å². The van der Waals surface area contributed by atoms with Crippen molar-refractivity contribution in [3.8, 4) is 11.5 Å². The van der Waals surface area contributed by atoms with Crippen LogP contribution >= 0.6 is 0 Å². The van der Waals surface area contributed by atoms with Gasteiger partial charge in [0.25, 0.3) is 0 Å².